The first-order valence-corrected chi connectivity index (χ1v) is 9.91. The number of hydrogen-bond acceptors (Lipinski definition) is 4. The second-order valence-electron chi connectivity index (χ2n) is 6.93. The largest absolute Gasteiger partial charge is 0.419 e. The zero-order chi connectivity index (χ0) is 20.6. The highest BCUT2D eigenvalue weighted by molar-refractivity contribution is 7.22. The molecular weight excluding hydrogens is 406 g/mol. The van der Waals surface area contributed by atoms with E-state index in [4.69, 9.17) is 0 Å². The van der Waals surface area contributed by atoms with E-state index in [1.54, 1.807) is 11.3 Å². The van der Waals surface area contributed by atoms with Gasteiger partial charge in [0, 0.05) is 18.8 Å². The predicted octanol–water partition coefficient (Wildman–Crippen LogP) is 5.31. The van der Waals surface area contributed by atoms with Crippen molar-refractivity contribution in [1.82, 2.24) is 4.98 Å². The molecule has 1 aliphatic heterocycles. The Morgan fingerprint density at radius 3 is 2.76 bits per heavy atom. The molecule has 1 fully saturated rings. The number of nitrogens with one attached hydrogen (secondary N) is 1. The summed E-state index contributed by atoms with van der Waals surface area (Å²) in [7, 11) is 0. The van der Waals surface area contributed by atoms with Crippen LogP contribution in [-0.4, -0.2) is 24.0 Å². The molecule has 1 unspecified atom stereocenters. The molecule has 9 heteroatoms. The first-order chi connectivity index (χ1) is 13.8. The Morgan fingerprint density at radius 1 is 1.21 bits per heavy atom. The number of carbonyl (C=O) groups is 1. The number of piperidine rings is 1. The molecule has 1 saturated heterocycles. The number of para-hydroxylation sites is 1. The maximum Gasteiger partial charge on any atom is 0.419 e. The lowest BCUT2D eigenvalue weighted by Crippen LogP contribution is -2.40. The van der Waals surface area contributed by atoms with Crippen molar-refractivity contribution in [2.24, 2.45) is 5.92 Å². The van der Waals surface area contributed by atoms with Crippen molar-refractivity contribution in [3.8, 4) is 0 Å². The summed E-state index contributed by atoms with van der Waals surface area (Å²) >= 11 is 1.54. The number of hydrogen-bond donors (Lipinski definition) is 1. The number of amides is 1. The van der Waals surface area contributed by atoms with E-state index in [1.807, 2.05) is 29.2 Å². The van der Waals surface area contributed by atoms with Crippen molar-refractivity contribution in [3.63, 3.8) is 0 Å². The van der Waals surface area contributed by atoms with Gasteiger partial charge in [-0.1, -0.05) is 23.5 Å². The first kappa shape index (κ1) is 19.6. The summed E-state index contributed by atoms with van der Waals surface area (Å²) in [6, 6.07) is 10.2. The molecule has 0 aliphatic carbocycles. The molecule has 4 nitrogen and oxygen atoms in total. The number of carbonyl (C=O) groups excluding carboxylic acids is 1. The van der Waals surface area contributed by atoms with E-state index in [0.29, 0.717) is 25.1 Å². The van der Waals surface area contributed by atoms with Crippen molar-refractivity contribution in [2.75, 3.05) is 23.3 Å². The summed E-state index contributed by atoms with van der Waals surface area (Å²) in [6.07, 6.45) is -3.43. The minimum Gasteiger partial charge on any atom is -0.347 e. The third kappa shape index (κ3) is 4.19. The van der Waals surface area contributed by atoms with Gasteiger partial charge in [0.2, 0.25) is 5.91 Å². The van der Waals surface area contributed by atoms with Crippen LogP contribution in [-0.2, 0) is 11.0 Å². The highest BCUT2D eigenvalue weighted by atomic mass is 32.1. The lowest BCUT2D eigenvalue weighted by Gasteiger charge is -2.31. The predicted molar refractivity (Wildman–Crippen MR) is 105 cm³/mol. The molecular formula is C20H17F4N3OS. The van der Waals surface area contributed by atoms with E-state index in [1.165, 1.54) is 0 Å². The summed E-state index contributed by atoms with van der Waals surface area (Å²) in [4.78, 5) is 19.3. The van der Waals surface area contributed by atoms with E-state index < -0.39 is 23.5 Å². The standard InChI is InChI=1S/C20H17F4N3OS/c21-15-8-7-13(10-14(15)20(22,23)24)25-18(28)12-4-3-9-27(11-12)19-26-16-5-1-2-6-17(16)29-19/h1-2,5-8,10,12H,3-4,9,11H2,(H,25,28). The molecule has 1 amide bonds. The van der Waals surface area contributed by atoms with Gasteiger partial charge in [0.1, 0.15) is 5.82 Å². The van der Waals surface area contributed by atoms with Crippen molar-refractivity contribution >= 4 is 38.3 Å². The van der Waals surface area contributed by atoms with Gasteiger partial charge in [0.15, 0.2) is 5.13 Å². The molecule has 0 saturated carbocycles. The van der Waals surface area contributed by atoms with Crippen LogP contribution < -0.4 is 10.2 Å². The van der Waals surface area contributed by atoms with Crippen LogP contribution in [0.4, 0.5) is 28.4 Å². The van der Waals surface area contributed by atoms with E-state index in [-0.39, 0.29) is 11.6 Å². The molecule has 152 valence electrons. The second-order valence-corrected chi connectivity index (χ2v) is 7.94. The third-order valence-electron chi connectivity index (χ3n) is 4.88. The summed E-state index contributed by atoms with van der Waals surface area (Å²) < 4.78 is 53.1. The average Bonchev–Trinajstić information content (AvgIpc) is 3.13. The molecule has 0 radical (unpaired) electrons. The normalized spacial score (nSPS) is 17.5. The topological polar surface area (TPSA) is 45.2 Å². The molecule has 1 aromatic heterocycles. The maximum atomic E-state index is 13.4. The minimum absolute atomic E-state index is 0.0687. The molecule has 1 aliphatic rings. The maximum absolute atomic E-state index is 13.4. The summed E-state index contributed by atoms with van der Waals surface area (Å²) in [5.41, 5.74) is -0.569. The van der Waals surface area contributed by atoms with Crippen LogP contribution in [0, 0.1) is 11.7 Å². The number of thiazole rings is 1. The van der Waals surface area contributed by atoms with Crippen molar-refractivity contribution in [3.05, 3.63) is 53.8 Å². The molecule has 0 spiro atoms. The van der Waals surface area contributed by atoms with Crippen LogP contribution in [0.3, 0.4) is 0 Å². The summed E-state index contributed by atoms with van der Waals surface area (Å²) in [5.74, 6) is -2.14. The van der Waals surface area contributed by atoms with Gasteiger partial charge in [-0.2, -0.15) is 13.2 Å². The van der Waals surface area contributed by atoms with Gasteiger partial charge < -0.3 is 10.2 Å². The fourth-order valence-corrected chi connectivity index (χ4v) is 4.43. The lowest BCUT2D eigenvalue weighted by atomic mass is 9.97. The summed E-state index contributed by atoms with van der Waals surface area (Å²) in [6.45, 7) is 1.19. The highest BCUT2D eigenvalue weighted by Crippen LogP contribution is 2.34. The van der Waals surface area contributed by atoms with Gasteiger partial charge in [-0.05, 0) is 43.2 Å². The molecule has 1 N–H and O–H groups in total. The van der Waals surface area contributed by atoms with Gasteiger partial charge in [-0.25, -0.2) is 9.37 Å². The van der Waals surface area contributed by atoms with Gasteiger partial charge in [0.25, 0.3) is 0 Å². The van der Waals surface area contributed by atoms with E-state index in [9.17, 15) is 22.4 Å². The number of rotatable bonds is 3. The average molecular weight is 423 g/mol. The molecule has 2 heterocycles. The van der Waals surface area contributed by atoms with Crippen LogP contribution in [0.1, 0.15) is 18.4 Å². The number of alkyl halides is 3. The van der Waals surface area contributed by atoms with E-state index >= 15 is 0 Å². The zero-order valence-electron chi connectivity index (χ0n) is 15.2. The quantitative estimate of drug-likeness (QED) is 0.581. The molecule has 0 bridgehead atoms. The van der Waals surface area contributed by atoms with Gasteiger partial charge in [-0.3, -0.25) is 4.79 Å². The van der Waals surface area contributed by atoms with E-state index in [2.05, 4.69) is 10.3 Å². The highest BCUT2D eigenvalue weighted by Gasteiger charge is 2.34. The van der Waals surface area contributed by atoms with Crippen molar-refractivity contribution < 1.29 is 22.4 Å². The van der Waals surface area contributed by atoms with Crippen molar-refractivity contribution in [2.45, 2.75) is 19.0 Å². The Kier molecular flexibility index (Phi) is 5.16. The Labute approximate surface area is 168 Å². The smallest absolute Gasteiger partial charge is 0.347 e. The Morgan fingerprint density at radius 2 is 2.00 bits per heavy atom. The monoisotopic (exact) mass is 423 g/mol. The second kappa shape index (κ2) is 7.62. The molecule has 1 atom stereocenters. The SMILES string of the molecule is O=C(Nc1ccc(F)c(C(F)(F)F)c1)C1CCCN(c2nc3ccccc3s2)C1. The Bertz CT molecular complexity index is 1020. The minimum atomic E-state index is -4.82. The molecule has 3 aromatic rings. The van der Waals surface area contributed by atoms with Gasteiger partial charge in [-0.15, -0.1) is 0 Å². The van der Waals surface area contributed by atoms with Crippen LogP contribution in [0.5, 0.6) is 0 Å². The number of anilines is 2. The third-order valence-corrected chi connectivity index (χ3v) is 5.98. The fourth-order valence-electron chi connectivity index (χ4n) is 3.42. The molecule has 4 rings (SSSR count). The molecule has 29 heavy (non-hydrogen) atoms. The first-order valence-electron chi connectivity index (χ1n) is 9.09. The fraction of sp³-hybridized carbons (Fsp3) is 0.300. The van der Waals surface area contributed by atoms with Gasteiger partial charge >= 0.3 is 6.18 Å². The Balaban J connectivity index is 1.48. The summed E-state index contributed by atoms with van der Waals surface area (Å²) in [5, 5.41) is 3.32. The number of fused-ring (bicyclic) bond motifs is 1. The number of aromatic nitrogens is 1. The van der Waals surface area contributed by atoms with Crippen LogP contribution in [0.15, 0.2) is 42.5 Å². The van der Waals surface area contributed by atoms with Crippen LogP contribution >= 0.6 is 11.3 Å². The molecule has 2 aromatic carbocycles. The Hall–Kier alpha value is -2.68. The number of nitrogens with zero attached hydrogens (tertiary/aromatic N) is 2. The van der Waals surface area contributed by atoms with Crippen molar-refractivity contribution in [1.29, 1.82) is 0 Å². The van der Waals surface area contributed by atoms with Crippen LogP contribution in [0.2, 0.25) is 0 Å². The number of halogens is 4. The number of benzene rings is 2. The zero-order valence-corrected chi connectivity index (χ0v) is 16.0. The van der Waals surface area contributed by atoms with E-state index in [0.717, 1.165) is 34.4 Å². The van der Waals surface area contributed by atoms with Crippen LogP contribution in [0.25, 0.3) is 10.2 Å². The lowest BCUT2D eigenvalue weighted by molar-refractivity contribution is -0.140. The van der Waals surface area contributed by atoms with Gasteiger partial charge in [0.05, 0.1) is 21.7 Å².